The average Bonchev–Trinajstić information content (AvgIpc) is 3.18. The summed E-state index contributed by atoms with van der Waals surface area (Å²) in [4.78, 5) is 24.6. The summed E-state index contributed by atoms with van der Waals surface area (Å²) in [5.41, 5.74) is 3.23. The van der Waals surface area contributed by atoms with Crippen LogP contribution < -0.4 is 5.32 Å². The molecule has 0 saturated carbocycles. The Labute approximate surface area is 163 Å². The predicted molar refractivity (Wildman–Crippen MR) is 107 cm³/mol. The minimum Gasteiger partial charge on any atom is -0.465 e. The van der Waals surface area contributed by atoms with Crippen LogP contribution in [0.4, 0.5) is 5.69 Å². The van der Waals surface area contributed by atoms with Crippen molar-refractivity contribution in [1.82, 2.24) is 4.57 Å². The van der Waals surface area contributed by atoms with E-state index >= 15 is 0 Å². The molecule has 142 valence electrons. The van der Waals surface area contributed by atoms with E-state index in [4.69, 9.17) is 4.74 Å². The molecule has 6 nitrogen and oxygen atoms in total. The number of nitriles is 1. The number of hydrogen-bond donors (Lipinski definition) is 1. The number of nitrogens with zero attached hydrogens (tertiary/aromatic N) is 2. The van der Waals surface area contributed by atoms with Crippen LogP contribution in [0.5, 0.6) is 0 Å². The van der Waals surface area contributed by atoms with Crippen molar-refractivity contribution in [3.05, 3.63) is 44.9 Å². The quantitative estimate of drug-likeness (QED) is 0.460. The van der Waals surface area contributed by atoms with Gasteiger partial charge in [0.15, 0.2) is 0 Å². The fourth-order valence-corrected chi connectivity index (χ4v) is 3.54. The highest BCUT2D eigenvalue weighted by Crippen LogP contribution is 2.24. The second kappa shape index (κ2) is 8.69. The maximum Gasteiger partial charge on any atom is 0.350 e. The largest absolute Gasteiger partial charge is 0.465 e. The van der Waals surface area contributed by atoms with Gasteiger partial charge in [0.2, 0.25) is 0 Å². The second-order valence-corrected chi connectivity index (χ2v) is 7.53. The lowest BCUT2D eigenvalue weighted by Crippen LogP contribution is -2.15. The highest BCUT2D eigenvalue weighted by Gasteiger charge is 2.18. The van der Waals surface area contributed by atoms with Gasteiger partial charge in [-0.25, -0.2) is 4.79 Å². The zero-order valence-corrected chi connectivity index (χ0v) is 16.9. The van der Waals surface area contributed by atoms with E-state index in [1.807, 2.05) is 26.0 Å². The van der Waals surface area contributed by atoms with E-state index in [0.29, 0.717) is 16.5 Å². The summed E-state index contributed by atoms with van der Waals surface area (Å²) in [6.07, 6.45) is 1.58. The standard InChI is InChI=1S/C20H23N3O3S/c1-12(2)11-23-13(3)8-15(14(23)4)9-16(10-21)19(24)22-17-6-7-27-18(17)20(25)26-5/h6-9,12H,11H2,1-5H3,(H,22,24)/b16-9+. The molecule has 0 radical (unpaired) electrons. The van der Waals surface area contributed by atoms with E-state index in [2.05, 4.69) is 23.7 Å². The molecule has 1 N–H and O–H groups in total. The molecular weight excluding hydrogens is 362 g/mol. The number of hydrogen-bond acceptors (Lipinski definition) is 5. The average molecular weight is 385 g/mol. The second-order valence-electron chi connectivity index (χ2n) is 6.61. The molecule has 0 aliphatic rings. The Morgan fingerprint density at radius 2 is 2.11 bits per heavy atom. The summed E-state index contributed by atoms with van der Waals surface area (Å²) in [6.45, 7) is 9.14. The number of aryl methyl sites for hydroxylation is 1. The molecule has 2 heterocycles. The van der Waals surface area contributed by atoms with Crippen molar-refractivity contribution in [3.63, 3.8) is 0 Å². The molecular formula is C20H23N3O3S. The number of aromatic nitrogens is 1. The van der Waals surface area contributed by atoms with Gasteiger partial charge in [0.05, 0.1) is 12.8 Å². The van der Waals surface area contributed by atoms with Crippen LogP contribution in [-0.2, 0) is 16.1 Å². The molecule has 0 unspecified atom stereocenters. The van der Waals surface area contributed by atoms with Gasteiger partial charge >= 0.3 is 5.97 Å². The zero-order chi connectivity index (χ0) is 20.1. The Kier molecular flexibility index (Phi) is 6.59. The van der Waals surface area contributed by atoms with E-state index in [9.17, 15) is 14.9 Å². The van der Waals surface area contributed by atoms with Crippen LogP contribution in [0.15, 0.2) is 23.1 Å². The smallest absolute Gasteiger partial charge is 0.350 e. The molecule has 0 fully saturated rings. The Morgan fingerprint density at radius 1 is 1.41 bits per heavy atom. The van der Waals surface area contributed by atoms with Crippen molar-refractivity contribution in [3.8, 4) is 6.07 Å². The first-order chi connectivity index (χ1) is 12.8. The van der Waals surface area contributed by atoms with Gasteiger partial charge in [-0.2, -0.15) is 5.26 Å². The van der Waals surface area contributed by atoms with Gasteiger partial charge in [0.25, 0.3) is 5.91 Å². The van der Waals surface area contributed by atoms with Crippen LogP contribution in [0.25, 0.3) is 6.08 Å². The topological polar surface area (TPSA) is 84.1 Å². The number of methoxy groups -OCH3 is 1. The molecule has 2 aromatic rings. The summed E-state index contributed by atoms with van der Waals surface area (Å²) in [5, 5.41) is 13.7. The summed E-state index contributed by atoms with van der Waals surface area (Å²) in [7, 11) is 1.28. The molecule has 27 heavy (non-hydrogen) atoms. The van der Waals surface area contributed by atoms with E-state index < -0.39 is 11.9 Å². The molecule has 0 atom stereocenters. The third kappa shape index (κ3) is 4.66. The van der Waals surface area contributed by atoms with Gasteiger partial charge in [0, 0.05) is 17.9 Å². The molecule has 0 aliphatic heterocycles. The SMILES string of the molecule is COC(=O)c1sccc1NC(=O)/C(C#N)=C/c1cc(C)n(CC(C)C)c1C. The Bertz CT molecular complexity index is 929. The third-order valence-corrected chi connectivity index (χ3v) is 5.00. The summed E-state index contributed by atoms with van der Waals surface area (Å²) in [6, 6.07) is 5.52. The summed E-state index contributed by atoms with van der Waals surface area (Å²) >= 11 is 1.17. The first-order valence-corrected chi connectivity index (χ1v) is 9.42. The number of ether oxygens (including phenoxy) is 1. The number of thiophene rings is 1. The lowest BCUT2D eigenvalue weighted by molar-refractivity contribution is -0.112. The minimum atomic E-state index is -0.560. The zero-order valence-electron chi connectivity index (χ0n) is 16.1. The van der Waals surface area contributed by atoms with E-state index in [0.717, 1.165) is 23.5 Å². The highest BCUT2D eigenvalue weighted by molar-refractivity contribution is 7.12. The van der Waals surface area contributed by atoms with Gasteiger partial charge in [-0.3, -0.25) is 4.79 Å². The third-order valence-electron chi connectivity index (χ3n) is 4.11. The molecule has 0 aliphatic carbocycles. The van der Waals surface area contributed by atoms with E-state index in [-0.39, 0.29) is 5.57 Å². The Hall–Kier alpha value is -2.85. The number of carbonyl (C=O) groups excluding carboxylic acids is 2. The fraction of sp³-hybridized carbons (Fsp3) is 0.350. The minimum absolute atomic E-state index is 0.0261. The van der Waals surface area contributed by atoms with Crippen LogP contribution in [0.1, 0.15) is 40.5 Å². The van der Waals surface area contributed by atoms with Crippen LogP contribution in [0.3, 0.4) is 0 Å². The molecule has 2 aromatic heterocycles. The van der Waals surface area contributed by atoms with Crippen LogP contribution >= 0.6 is 11.3 Å². The van der Waals surface area contributed by atoms with E-state index in [1.165, 1.54) is 18.4 Å². The van der Waals surface area contributed by atoms with Crippen molar-refractivity contribution in [1.29, 1.82) is 5.26 Å². The van der Waals surface area contributed by atoms with Crippen molar-refractivity contribution in [2.75, 3.05) is 12.4 Å². The van der Waals surface area contributed by atoms with Crippen molar-refractivity contribution < 1.29 is 14.3 Å². The van der Waals surface area contributed by atoms with E-state index in [1.54, 1.807) is 17.5 Å². The summed E-state index contributed by atoms with van der Waals surface area (Å²) in [5.74, 6) is -0.601. The number of carbonyl (C=O) groups is 2. The van der Waals surface area contributed by atoms with Crippen LogP contribution in [0.2, 0.25) is 0 Å². The first kappa shape index (κ1) is 20.5. The molecule has 0 bridgehead atoms. The Morgan fingerprint density at radius 3 is 2.70 bits per heavy atom. The van der Waals surface area contributed by atoms with Crippen molar-refractivity contribution >= 4 is 35.0 Å². The van der Waals surface area contributed by atoms with Gasteiger partial charge in [-0.05, 0) is 48.9 Å². The monoisotopic (exact) mass is 385 g/mol. The molecule has 0 aromatic carbocycles. The first-order valence-electron chi connectivity index (χ1n) is 8.54. The predicted octanol–water partition coefficient (Wildman–Crippen LogP) is 4.15. The molecule has 7 heteroatoms. The number of nitrogens with one attached hydrogen (secondary N) is 1. The maximum absolute atomic E-state index is 12.5. The van der Waals surface area contributed by atoms with Crippen molar-refractivity contribution in [2.45, 2.75) is 34.2 Å². The summed E-state index contributed by atoms with van der Waals surface area (Å²) < 4.78 is 6.88. The number of anilines is 1. The van der Waals surface area contributed by atoms with Crippen LogP contribution in [0, 0.1) is 31.1 Å². The molecule has 1 amide bonds. The van der Waals surface area contributed by atoms with Gasteiger partial charge in [-0.1, -0.05) is 13.8 Å². The number of rotatable bonds is 6. The van der Waals surface area contributed by atoms with Crippen molar-refractivity contribution in [2.24, 2.45) is 5.92 Å². The fourth-order valence-electron chi connectivity index (χ4n) is 2.77. The number of amides is 1. The lowest BCUT2D eigenvalue weighted by atomic mass is 10.1. The lowest BCUT2D eigenvalue weighted by Gasteiger charge is -2.12. The van der Waals surface area contributed by atoms with Gasteiger partial charge in [0.1, 0.15) is 16.5 Å². The van der Waals surface area contributed by atoms with Gasteiger partial charge < -0.3 is 14.6 Å². The molecule has 2 rings (SSSR count). The Balaban J connectivity index is 2.30. The van der Waals surface area contributed by atoms with Crippen LogP contribution in [-0.4, -0.2) is 23.6 Å². The number of esters is 1. The van der Waals surface area contributed by atoms with Gasteiger partial charge in [-0.15, -0.1) is 11.3 Å². The molecule has 0 spiro atoms. The highest BCUT2D eigenvalue weighted by atomic mass is 32.1. The normalized spacial score (nSPS) is 11.4. The molecule has 0 saturated heterocycles. The maximum atomic E-state index is 12.5.